The molecule has 0 bridgehead atoms. The molecule has 3 N–H and O–H groups in total. The molecule has 0 aromatic carbocycles. The van der Waals surface area contributed by atoms with Gasteiger partial charge in [-0.05, 0) is 0 Å². The number of nitrogens with two attached hydrogens (primary N) is 1. The van der Waals surface area contributed by atoms with E-state index in [1.807, 2.05) is 0 Å². The summed E-state index contributed by atoms with van der Waals surface area (Å²) in [5, 5.41) is 7.72. The van der Waals surface area contributed by atoms with E-state index in [2.05, 4.69) is 5.73 Å². The van der Waals surface area contributed by atoms with Gasteiger partial charge in [0.05, 0.1) is 0 Å². The number of hydrogen-bond donors (Lipinski definition) is 2. The van der Waals surface area contributed by atoms with Crippen LogP contribution in [-0.4, -0.2) is 23.9 Å². The zero-order valence-electron chi connectivity index (χ0n) is 6.26. The van der Waals surface area contributed by atoms with Gasteiger partial charge in [0, 0.05) is 6.42 Å². The molecule has 0 aliphatic carbocycles. The molecule has 0 unspecified atom stereocenters. The molecule has 0 spiro atoms. The topological polar surface area (TPSA) is 80.4 Å². The minimum absolute atomic E-state index is 0. The number of carboxylic acids is 1. The Bertz CT molecular complexity index is 87.0. The summed E-state index contributed by atoms with van der Waals surface area (Å²) in [7, 11) is 0. The van der Waals surface area contributed by atoms with Crippen LogP contribution in [0, 0.1) is 0 Å². The van der Waals surface area contributed by atoms with Crippen LogP contribution in [0.4, 0.5) is 0 Å². The van der Waals surface area contributed by atoms with Crippen molar-refractivity contribution in [2.24, 2.45) is 5.73 Å². The average Bonchev–Trinajstić information content (AvgIpc) is 1.89. The fourth-order valence-corrected chi connectivity index (χ4v) is 0. The van der Waals surface area contributed by atoms with Crippen molar-refractivity contribution >= 4 is 12.3 Å². The van der Waals surface area contributed by atoms with Gasteiger partial charge >= 0.3 is 35.5 Å². The van der Waals surface area contributed by atoms with Crippen LogP contribution in [0.15, 0.2) is 0 Å². The molecule has 4 nitrogen and oxygen atoms in total. The molecule has 54 valence electrons. The quantitative estimate of drug-likeness (QED) is 0.321. The molecular formula is C5H10NNaO3. The van der Waals surface area contributed by atoms with E-state index in [9.17, 15) is 4.79 Å². The van der Waals surface area contributed by atoms with Gasteiger partial charge in [0.2, 0.25) is 0 Å². The fraction of sp³-hybridized carbons (Fsp3) is 0.600. The second-order valence-corrected chi connectivity index (χ2v) is 1.10. The normalized spacial score (nSPS) is 6.20. The first-order chi connectivity index (χ1) is 4.18. The van der Waals surface area contributed by atoms with Gasteiger partial charge in [-0.2, -0.15) is 0 Å². The van der Waals surface area contributed by atoms with E-state index in [0.29, 0.717) is 0 Å². The molecule has 0 aliphatic heterocycles. The molecule has 0 fully saturated rings. The summed E-state index contributed by atoms with van der Waals surface area (Å²) >= 11 is 0. The van der Waals surface area contributed by atoms with E-state index in [1.54, 1.807) is 6.92 Å². The van der Waals surface area contributed by atoms with Crippen molar-refractivity contribution in [3.05, 3.63) is 0 Å². The fourth-order valence-electron chi connectivity index (χ4n) is 0. The largest absolute Gasteiger partial charge is 1.00 e. The Morgan fingerprint density at radius 2 is 1.90 bits per heavy atom. The number of carboxylic acid groups (broad SMARTS) is 1. The molecule has 10 heavy (non-hydrogen) atoms. The van der Waals surface area contributed by atoms with Crippen LogP contribution < -0.4 is 35.3 Å². The maximum atomic E-state index is 9.37. The third-order valence-electron chi connectivity index (χ3n) is 0.386. The van der Waals surface area contributed by atoms with Gasteiger partial charge < -0.3 is 15.6 Å². The zero-order chi connectivity index (χ0) is 7.70. The summed E-state index contributed by atoms with van der Waals surface area (Å²) in [6.45, 7) is 1.61. The van der Waals surface area contributed by atoms with E-state index in [4.69, 9.17) is 9.90 Å². The number of carbonyl (C=O) groups is 1. The third kappa shape index (κ3) is 42.5. The van der Waals surface area contributed by atoms with Gasteiger partial charge in [-0.1, -0.05) is 6.92 Å². The molecule has 5 heteroatoms. The van der Waals surface area contributed by atoms with Crippen LogP contribution in [0.1, 0.15) is 13.3 Å². The molecule has 0 rings (SSSR count). The molecule has 0 saturated heterocycles. The van der Waals surface area contributed by atoms with E-state index in [1.165, 1.54) is 6.29 Å². The minimum Gasteiger partial charge on any atom is -0.541 e. The standard InChI is InChI=1S/C3H6O2.C2H4NO.Na/c1-2-3(4)5;3-1-2-4;/h2H2,1H3,(H,4,5);1,3H2;/q;-1;+1. The average molecular weight is 155 g/mol. The summed E-state index contributed by atoms with van der Waals surface area (Å²) in [6.07, 6.45) is 1.68. The smallest absolute Gasteiger partial charge is 0.541 e. The van der Waals surface area contributed by atoms with E-state index >= 15 is 0 Å². The summed E-state index contributed by atoms with van der Waals surface area (Å²) in [4.78, 5) is 18.3. The zero-order valence-corrected chi connectivity index (χ0v) is 8.26. The van der Waals surface area contributed by atoms with Crippen molar-refractivity contribution in [1.29, 1.82) is 0 Å². The van der Waals surface area contributed by atoms with Crippen LogP contribution in [0.3, 0.4) is 0 Å². The van der Waals surface area contributed by atoms with Crippen LogP contribution >= 0.6 is 0 Å². The van der Waals surface area contributed by atoms with E-state index in [0.717, 1.165) is 0 Å². The van der Waals surface area contributed by atoms with Gasteiger partial charge in [-0.3, -0.25) is 11.1 Å². The Morgan fingerprint density at radius 1 is 1.70 bits per heavy atom. The van der Waals surface area contributed by atoms with Gasteiger partial charge in [0.1, 0.15) is 0 Å². The SMILES string of the molecule is CCC(=O)O.NC[C-]=O.[Na+]. The maximum Gasteiger partial charge on any atom is 1.00 e. The molecule has 0 saturated carbocycles. The van der Waals surface area contributed by atoms with Crippen LogP contribution in [-0.2, 0) is 9.59 Å². The van der Waals surface area contributed by atoms with Gasteiger partial charge in [0.15, 0.2) is 0 Å². The van der Waals surface area contributed by atoms with Crippen LogP contribution in [0.5, 0.6) is 0 Å². The Labute approximate surface area is 82.1 Å². The van der Waals surface area contributed by atoms with Crippen LogP contribution in [0.2, 0.25) is 0 Å². The van der Waals surface area contributed by atoms with Crippen molar-refractivity contribution in [3.63, 3.8) is 0 Å². The van der Waals surface area contributed by atoms with Gasteiger partial charge in [-0.25, -0.2) is 0 Å². The summed E-state index contributed by atoms with van der Waals surface area (Å²) in [5.74, 6) is -0.745. The maximum absolute atomic E-state index is 9.37. The van der Waals surface area contributed by atoms with Gasteiger partial charge in [0.25, 0.3) is 0 Å². The van der Waals surface area contributed by atoms with Crippen LogP contribution in [0.25, 0.3) is 0 Å². The second kappa shape index (κ2) is 16.0. The molecule has 0 aromatic heterocycles. The Kier molecular flexibility index (Phi) is 26.6. The Morgan fingerprint density at radius 3 is 1.90 bits per heavy atom. The third-order valence-corrected chi connectivity index (χ3v) is 0.386. The predicted molar refractivity (Wildman–Crippen MR) is 32.7 cm³/mol. The number of hydrogen-bond acceptors (Lipinski definition) is 3. The van der Waals surface area contributed by atoms with Crippen molar-refractivity contribution in [1.82, 2.24) is 0 Å². The summed E-state index contributed by atoms with van der Waals surface area (Å²) in [6, 6.07) is 0. The molecule has 0 amide bonds. The molecular weight excluding hydrogens is 145 g/mol. The predicted octanol–water partition coefficient (Wildman–Crippen LogP) is -3.46. The van der Waals surface area contributed by atoms with Gasteiger partial charge in [-0.15, -0.1) is 6.54 Å². The first-order valence-corrected chi connectivity index (χ1v) is 2.45. The number of aliphatic carboxylic acids is 1. The minimum atomic E-state index is -0.745. The Hall–Kier alpha value is 0.1000. The van der Waals surface area contributed by atoms with Crippen molar-refractivity contribution < 1.29 is 44.3 Å². The number of carbonyl (C=O) groups excluding carboxylic acids is 1. The molecule has 0 atom stereocenters. The molecule has 0 heterocycles. The number of rotatable bonds is 2. The van der Waals surface area contributed by atoms with Crippen molar-refractivity contribution in [3.8, 4) is 0 Å². The summed E-state index contributed by atoms with van der Waals surface area (Å²) in [5.41, 5.74) is 4.60. The van der Waals surface area contributed by atoms with E-state index < -0.39 is 5.97 Å². The van der Waals surface area contributed by atoms with E-state index in [-0.39, 0.29) is 42.5 Å². The molecule has 0 aliphatic rings. The Balaban J connectivity index is -0.0000000910. The summed E-state index contributed by atoms with van der Waals surface area (Å²) < 4.78 is 0. The molecule has 0 radical (unpaired) electrons. The monoisotopic (exact) mass is 155 g/mol. The molecule has 0 aromatic rings. The first kappa shape index (κ1) is 16.6. The first-order valence-electron chi connectivity index (χ1n) is 2.45. The van der Waals surface area contributed by atoms with Crippen molar-refractivity contribution in [2.45, 2.75) is 13.3 Å². The second-order valence-electron chi connectivity index (χ2n) is 1.10. The van der Waals surface area contributed by atoms with Crippen molar-refractivity contribution in [2.75, 3.05) is 6.54 Å².